The molecule has 2 aromatic heterocycles. The number of hydrogen-bond donors (Lipinski definition) is 4. The zero-order valence-electron chi connectivity index (χ0n) is 18.6. The minimum atomic E-state index is -0.902. The van der Waals surface area contributed by atoms with E-state index < -0.39 is 17.7 Å². The molecule has 8 nitrogen and oxygen atoms in total. The lowest BCUT2D eigenvalue weighted by Gasteiger charge is -2.20. The first kappa shape index (κ1) is 22.1. The van der Waals surface area contributed by atoms with E-state index in [0.717, 1.165) is 22.1 Å². The summed E-state index contributed by atoms with van der Waals surface area (Å²) >= 11 is 0. The number of carboxylic acid groups (broad SMARTS) is 1. The van der Waals surface area contributed by atoms with Crippen LogP contribution in [0, 0.1) is 0 Å². The van der Waals surface area contributed by atoms with Gasteiger partial charge in [-0.3, -0.25) is 14.9 Å². The Bertz CT molecular complexity index is 1430. The second-order valence-electron chi connectivity index (χ2n) is 8.84. The average Bonchev–Trinajstić information content (AvgIpc) is 3.16. The standard InChI is InChI=1S/C25H25N3O5/c1-25(2,3)33-24(32)28-18-7-5-4-6-16(18)14-8-10-19-17(12-14)21-15(9-11-20(29)30)13-26-22(21)23(31)27-19/h4-8,10,12-13,26H,9,11H2,1-3H3,(H,27,31)(H,28,32)(H,29,30). The van der Waals surface area contributed by atoms with Crippen molar-refractivity contribution in [2.24, 2.45) is 0 Å². The van der Waals surface area contributed by atoms with Gasteiger partial charge in [-0.25, -0.2) is 4.79 Å². The van der Waals surface area contributed by atoms with Gasteiger partial charge in [-0.1, -0.05) is 24.3 Å². The monoisotopic (exact) mass is 447 g/mol. The molecule has 8 heteroatoms. The topological polar surface area (TPSA) is 124 Å². The number of ether oxygens (including phenoxy) is 1. The Labute approximate surface area is 189 Å². The number of anilines is 1. The molecule has 0 spiro atoms. The van der Waals surface area contributed by atoms with Crippen LogP contribution in [-0.4, -0.2) is 32.7 Å². The number of carbonyl (C=O) groups excluding carboxylic acids is 1. The number of rotatable bonds is 5. The smallest absolute Gasteiger partial charge is 0.412 e. The van der Waals surface area contributed by atoms with E-state index in [1.165, 1.54) is 0 Å². The Balaban J connectivity index is 1.82. The average molecular weight is 447 g/mol. The number of aryl methyl sites for hydroxylation is 1. The lowest BCUT2D eigenvalue weighted by Crippen LogP contribution is -2.27. The quantitative estimate of drug-likeness (QED) is 0.341. The van der Waals surface area contributed by atoms with Gasteiger partial charge in [0, 0.05) is 34.5 Å². The molecular formula is C25H25N3O5. The third-order valence-electron chi connectivity index (χ3n) is 5.21. The van der Waals surface area contributed by atoms with Crippen molar-refractivity contribution in [3.05, 3.63) is 64.6 Å². The van der Waals surface area contributed by atoms with E-state index in [9.17, 15) is 14.4 Å². The molecule has 2 aromatic carbocycles. The Morgan fingerprint density at radius 1 is 1.12 bits per heavy atom. The van der Waals surface area contributed by atoms with Gasteiger partial charge in [0.05, 0.1) is 5.69 Å². The van der Waals surface area contributed by atoms with E-state index in [4.69, 9.17) is 9.84 Å². The molecule has 0 unspecified atom stereocenters. The number of pyridine rings is 1. The summed E-state index contributed by atoms with van der Waals surface area (Å²) in [7, 11) is 0. The molecule has 2 heterocycles. The van der Waals surface area contributed by atoms with Gasteiger partial charge in [-0.2, -0.15) is 0 Å². The summed E-state index contributed by atoms with van der Waals surface area (Å²) in [5.74, 6) is -0.902. The van der Waals surface area contributed by atoms with E-state index in [-0.39, 0.29) is 12.0 Å². The van der Waals surface area contributed by atoms with Crippen LogP contribution >= 0.6 is 0 Å². The second-order valence-corrected chi connectivity index (χ2v) is 8.84. The van der Waals surface area contributed by atoms with Gasteiger partial charge in [-0.05, 0) is 56.5 Å². The molecule has 33 heavy (non-hydrogen) atoms. The fourth-order valence-corrected chi connectivity index (χ4v) is 3.86. The third kappa shape index (κ3) is 4.74. The molecule has 0 aliphatic carbocycles. The molecule has 0 bridgehead atoms. The Hall–Kier alpha value is -4.07. The fraction of sp³-hybridized carbons (Fsp3) is 0.240. The van der Waals surface area contributed by atoms with E-state index in [1.54, 1.807) is 33.0 Å². The number of aliphatic carboxylic acids is 1. The maximum atomic E-state index is 12.5. The van der Waals surface area contributed by atoms with Crippen LogP contribution in [0.2, 0.25) is 0 Å². The summed E-state index contributed by atoms with van der Waals surface area (Å²) in [5, 5.41) is 13.4. The van der Waals surface area contributed by atoms with Crippen LogP contribution in [0.25, 0.3) is 32.9 Å². The zero-order chi connectivity index (χ0) is 23.8. The van der Waals surface area contributed by atoms with Gasteiger partial charge in [0.25, 0.3) is 5.56 Å². The van der Waals surface area contributed by atoms with Crippen molar-refractivity contribution in [3.63, 3.8) is 0 Å². The molecule has 0 fully saturated rings. The van der Waals surface area contributed by atoms with Crippen molar-refractivity contribution in [1.29, 1.82) is 0 Å². The third-order valence-corrected chi connectivity index (χ3v) is 5.21. The molecule has 0 aliphatic rings. The molecule has 170 valence electrons. The van der Waals surface area contributed by atoms with Gasteiger partial charge in [0.15, 0.2) is 0 Å². The van der Waals surface area contributed by atoms with E-state index in [1.807, 2.05) is 36.4 Å². The molecule has 0 atom stereocenters. The maximum Gasteiger partial charge on any atom is 0.412 e. The van der Waals surface area contributed by atoms with E-state index >= 15 is 0 Å². The Morgan fingerprint density at radius 2 is 1.88 bits per heavy atom. The van der Waals surface area contributed by atoms with Gasteiger partial charge >= 0.3 is 12.1 Å². The Morgan fingerprint density at radius 3 is 2.61 bits per heavy atom. The van der Waals surface area contributed by atoms with Gasteiger partial charge in [0.1, 0.15) is 11.1 Å². The first-order chi connectivity index (χ1) is 15.6. The highest BCUT2D eigenvalue weighted by atomic mass is 16.6. The normalized spacial score (nSPS) is 11.6. The van der Waals surface area contributed by atoms with Crippen LogP contribution in [0.15, 0.2) is 53.5 Å². The van der Waals surface area contributed by atoms with Gasteiger partial charge in [-0.15, -0.1) is 0 Å². The maximum absolute atomic E-state index is 12.5. The van der Waals surface area contributed by atoms with Crippen LogP contribution in [0.1, 0.15) is 32.8 Å². The van der Waals surface area contributed by atoms with Gasteiger partial charge < -0.3 is 19.8 Å². The molecule has 0 saturated carbocycles. The number of aromatic amines is 2. The Kier molecular flexibility index (Phi) is 5.68. The number of hydrogen-bond acceptors (Lipinski definition) is 4. The lowest BCUT2D eigenvalue weighted by atomic mass is 9.98. The van der Waals surface area contributed by atoms with Crippen molar-refractivity contribution in [2.75, 3.05) is 5.32 Å². The van der Waals surface area contributed by atoms with Crippen molar-refractivity contribution < 1.29 is 19.4 Å². The predicted molar refractivity (Wildman–Crippen MR) is 128 cm³/mol. The van der Waals surface area contributed by atoms with Crippen LogP contribution in [0.4, 0.5) is 10.5 Å². The highest BCUT2D eigenvalue weighted by Gasteiger charge is 2.18. The number of nitrogens with one attached hydrogen (secondary N) is 3. The van der Waals surface area contributed by atoms with Gasteiger partial charge in [0.2, 0.25) is 0 Å². The predicted octanol–water partition coefficient (Wildman–Crippen LogP) is 5.04. The van der Waals surface area contributed by atoms with Crippen LogP contribution < -0.4 is 10.9 Å². The summed E-state index contributed by atoms with van der Waals surface area (Å²) in [6.45, 7) is 5.39. The highest BCUT2D eigenvalue weighted by molar-refractivity contribution is 6.08. The lowest BCUT2D eigenvalue weighted by molar-refractivity contribution is -0.136. The zero-order valence-corrected chi connectivity index (χ0v) is 18.6. The molecule has 4 rings (SSSR count). The number of carbonyl (C=O) groups is 2. The van der Waals surface area contributed by atoms with Crippen LogP contribution in [-0.2, 0) is 16.0 Å². The second kappa shape index (κ2) is 8.46. The minimum absolute atomic E-state index is 0.0381. The largest absolute Gasteiger partial charge is 0.481 e. The number of benzene rings is 2. The first-order valence-corrected chi connectivity index (χ1v) is 10.6. The molecule has 4 N–H and O–H groups in total. The molecular weight excluding hydrogens is 422 g/mol. The molecule has 0 radical (unpaired) electrons. The molecule has 4 aromatic rings. The number of para-hydroxylation sites is 1. The van der Waals surface area contributed by atoms with E-state index in [0.29, 0.717) is 28.5 Å². The van der Waals surface area contributed by atoms with Crippen molar-refractivity contribution in [3.8, 4) is 11.1 Å². The molecule has 0 aliphatic heterocycles. The SMILES string of the molecule is CC(C)(C)OC(=O)Nc1ccccc1-c1ccc2[nH]c(=O)c3[nH]cc(CCC(=O)O)c3c2c1. The number of fused-ring (bicyclic) bond motifs is 3. The highest BCUT2D eigenvalue weighted by Crippen LogP contribution is 2.33. The number of carboxylic acids is 1. The van der Waals surface area contributed by atoms with Crippen LogP contribution in [0.5, 0.6) is 0 Å². The fourth-order valence-electron chi connectivity index (χ4n) is 3.86. The number of aromatic nitrogens is 2. The number of H-pyrrole nitrogens is 2. The summed E-state index contributed by atoms with van der Waals surface area (Å²) in [6, 6.07) is 13.0. The van der Waals surface area contributed by atoms with Crippen molar-refractivity contribution in [2.45, 2.75) is 39.2 Å². The molecule has 0 saturated heterocycles. The first-order valence-electron chi connectivity index (χ1n) is 10.6. The summed E-state index contributed by atoms with van der Waals surface area (Å²) < 4.78 is 5.38. The summed E-state index contributed by atoms with van der Waals surface area (Å²) in [5.41, 5.74) is 3.12. The minimum Gasteiger partial charge on any atom is -0.481 e. The van der Waals surface area contributed by atoms with Crippen molar-refractivity contribution in [1.82, 2.24) is 9.97 Å². The summed E-state index contributed by atoms with van der Waals surface area (Å²) in [4.78, 5) is 41.8. The van der Waals surface area contributed by atoms with Crippen LogP contribution in [0.3, 0.4) is 0 Å². The number of amides is 1. The summed E-state index contributed by atoms with van der Waals surface area (Å²) in [6.07, 6.45) is 1.40. The van der Waals surface area contributed by atoms with Crippen molar-refractivity contribution >= 4 is 39.6 Å². The molecule has 1 amide bonds. The van der Waals surface area contributed by atoms with E-state index in [2.05, 4.69) is 15.3 Å².